The summed E-state index contributed by atoms with van der Waals surface area (Å²) in [6, 6.07) is 18.5. The predicted octanol–water partition coefficient (Wildman–Crippen LogP) is 3.69. The average molecular weight is 359 g/mol. The highest BCUT2D eigenvalue weighted by atomic mass is 15.3. The van der Waals surface area contributed by atoms with Crippen molar-refractivity contribution in [3.63, 3.8) is 0 Å². The zero-order valence-corrected chi connectivity index (χ0v) is 14.3. The molecule has 0 radical (unpaired) electrons. The number of aromatic nitrogens is 6. The van der Waals surface area contributed by atoms with Crippen LogP contribution in [-0.4, -0.2) is 30.8 Å². The van der Waals surface area contributed by atoms with Gasteiger partial charge in [-0.3, -0.25) is 0 Å². The lowest BCUT2D eigenvalue weighted by Crippen LogP contribution is -1.99. The predicted molar refractivity (Wildman–Crippen MR) is 105 cm³/mol. The largest absolute Gasteiger partial charge is 0.191 e. The summed E-state index contributed by atoms with van der Waals surface area (Å²) in [5.74, 6) is 0. The standard InChI is InChI=1S/C21H9N7/c22-9-16-19-18-14-8-4-2-6-12(14)11-5-1-3-7-13(11)17(18)15-10-23-27-25-20(15)21(19)26-28-24-16/h1-8,10H. The normalized spacial score (nSPS) is 11.5. The molecule has 7 nitrogen and oxygen atoms in total. The number of fused-ring (bicyclic) bond motifs is 11. The van der Waals surface area contributed by atoms with Gasteiger partial charge in [-0.2, -0.15) is 5.26 Å². The first-order chi connectivity index (χ1) is 13.9. The van der Waals surface area contributed by atoms with Gasteiger partial charge in [0.15, 0.2) is 5.69 Å². The molecule has 6 aromatic rings. The van der Waals surface area contributed by atoms with E-state index in [1.807, 2.05) is 24.3 Å². The SMILES string of the molecule is N#Cc1nnnc2c3nnncc3c3c4ccccc4c4ccccc4c3c12. The van der Waals surface area contributed by atoms with Crippen LogP contribution in [0.15, 0.2) is 54.7 Å². The highest BCUT2D eigenvalue weighted by Gasteiger charge is 2.20. The van der Waals surface area contributed by atoms with Crippen molar-refractivity contribution in [1.82, 2.24) is 30.8 Å². The fraction of sp³-hybridized carbons (Fsp3) is 0. The van der Waals surface area contributed by atoms with Crippen molar-refractivity contribution in [2.45, 2.75) is 0 Å². The van der Waals surface area contributed by atoms with E-state index in [0.29, 0.717) is 16.4 Å². The third kappa shape index (κ3) is 1.76. The zero-order valence-electron chi connectivity index (χ0n) is 14.3. The van der Waals surface area contributed by atoms with Crippen LogP contribution in [0.2, 0.25) is 0 Å². The van der Waals surface area contributed by atoms with Crippen LogP contribution in [0.4, 0.5) is 0 Å². The quantitative estimate of drug-likeness (QED) is 0.381. The summed E-state index contributed by atoms with van der Waals surface area (Å²) in [4.78, 5) is 0. The molecule has 28 heavy (non-hydrogen) atoms. The van der Waals surface area contributed by atoms with Gasteiger partial charge in [-0.05, 0) is 32.0 Å². The summed E-state index contributed by atoms with van der Waals surface area (Å²) >= 11 is 0. The lowest BCUT2D eigenvalue weighted by molar-refractivity contribution is 0.876. The summed E-state index contributed by atoms with van der Waals surface area (Å²) in [7, 11) is 0. The maximum absolute atomic E-state index is 9.72. The van der Waals surface area contributed by atoms with Crippen LogP contribution in [0.5, 0.6) is 0 Å². The number of hydrogen-bond donors (Lipinski definition) is 0. The van der Waals surface area contributed by atoms with Crippen molar-refractivity contribution in [2.75, 3.05) is 0 Å². The van der Waals surface area contributed by atoms with Crippen LogP contribution in [0, 0.1) is 11.3 Å². The molecule has 6 rings (SSSR count). The summed E-state index contributed by atoms with van der Waals surface area (Å²) in [6.07, 6.45) is 1.69. The van der Waals surface area contributed by atoms with Gasteiger partial charge >= 0.3 is 0 Å². The Hall–Kier alpha value is -4.31. The molecule has 0 fully saturated rings. The molecule has 128 valence electrons. The number of benzene rings is 4. The smallest absolute Gasteiger partial charge is 0.175 e. The minimum atomic E-state index is 0.218. The second-order valence-corrected chi connectivity index (χ2v) is 6.51. The first kappa shape index (κ1) is 14.8. The Kier molecular flexibility index (Phi) is 2.83. The maximum atomic E-state index is 9.72. The zero-order chi connectivity index (χ0) is 18.7. The van der Waals surface area contributed by atoms with E-state index in [9.17, 15) is 5.26 Å². The Morgan fingerprint density at radius 1 is 0.607 bits per heavy atom. The molecule has 0 spiro atoms. The summed E-state index contributed by atoms with van der Waals surface area (Å²) in [5, 5.41) is 41.3. The molecule has 2 heterocycles. The van der Waals surface area contributed by atoms with Gasteiger partial charge in [0.1, 0.15) is 17.1 Å². The molecule has 0 bridgehead atoms. The Balaban J connectivity index is 2.15. The van der Waals surface area contributed by atoms with Gasteiger partial charge in [0, 0.05) is 16.2 Å². The van der Waals surface area contributed by atoms with Crippen LogP contribution >= 0.6 is 0 Å². The number of nitriles is 1. The van der Waals surface area contributed by atoms with Gasteiger partial charge in [0.25, 0.3) is 0 Å². The first-order valence-electron chi connectivity index (χ1n) is 8.65. The molecule has 2 aromatic heterocycles. The van der Waals surface area contributed by atoms with Gasteiger partial charge < -0.3 is 0 Å². The second kappa shape index (κ2) is 5.34. The fourth-order valence-corrected chi connectivity index (χ4v) is 4.11. The maximum Gasteiger partial charge on any atom is 0.175 e. The lowest BCUT2D eigenvalue weighted by atomic mass is 9.90. The molecule has 0 atom stereocenters. The van der Waals surface area contributed by atoms with Crippen molar-refractivity contribution in [3.05, 3.63) is 60.4 Å². The van der Waals surface area contributed by atoms with Crippen molar-refractivity contribution < 1.29 is 0 Å². The molecule has 0 aliphatic carbocycles. The van der Waals surface area contributed by atoms with Gasteiger partial charge in [0.2, 0.25) is 0 Å². The third-order valence-corrected chi connectivity index (χ3v) is 5.18. The van der Waals surface area contributed by atoms with Crippen LogP contribution in [0.25, 0.3) is 54.1 Å². The Bertz CT molecular complexity index is 1620. The Morgan fingerprint density at radius 3 is 1.96 bits per heavy atom. The summed E-state index contributed by atoms with van der Waals surface area (Å²) in [6.45, 7) is 0. The van der Waals surface area contributed by atoms with E-state index in [1.165, 1.54) is 0 Å². The molecule has 0 unspecified atom stereocenters. The Morgan fingerprint density at radius 2 is 1.25 bits per heavy atom. The molecule has 0 aliphatic heterocycles. The van der Waals surface area contributed by atoms with Crippen molar-refractivity contribution in [3.8, 4) is 6.07 Å². The Labute approximate surface area is 157 Å². The minimum Gasteiger partial charge on any atom is -0.191 e. The first-order valence-corrected chi connectivity index (χ1v) is 8.65. The minimum absolute atomic E-state index is 0.218. The fourth-order valence-electron chi connectivity index (χ4n) is 4.11. The molecular formula is C21H9N7. The molecule has 4 aromatic carbocycles. The second-order valence-electron chi connectivity index (χ2n) is 6.51. The van der Waals surface area contributed by atoms with E-state index in [2.05, 4.69) is 61.2 Å². The molecule has 0 aliphatic rings. The summed E-state index contributed by atoms with van der Waals surface area (Å²) < 4.78 is 0. The number of hydrogen-bond acceptors (Lipinski definition) is 7. The highest BCUT2D eigenvalue weighted by molar-refractivity contribution is 6.38. The van der Waals surface area contributed by atoms with Crippen LogP contribution < -0.4 is 0 Å². The van der Waals surface area contributed by atoms with Crippen LogP contribution in [-0.2, 0) is 0 Å². The van der Waals surface area contributed by atoms with E-state index in [1.54, 1.807) is 6.20 Å². The molecule has 0 N–H and O–H groups in total. The monoisotopic (exact) mass is 359 g/mol. The van der Waals surface area contributed by atoms with Gasteiger partial charge in [0.05, 0.1) is 11.6 Å². The number of nitrogens with zero attached hydrogens (tertiary/aromatic N) is 7. The van der Waals surface area contributed by atoms with Crippen LogP contribution in [0.1, 0.15) is 5.69 Å². The molecule has 7 heteroatoms. The van der Waals surface area contributed by atoms with Crippen LogP contribution in [0.3, 0.4) is 0 Å². The molecule has 0 amide bonds. The molecule has 0 saturated heterocycles. The van der Waals surface area contributed by atoms with Gasteiger partial charge in [-0.1, -0.05) is 48.5 Å². The average Bonchev–Trinajstić information content (AvgIpc) is 2.78. The topological polar surface area (TPSA) is 101 Å². The van der Waals surface area contributed by atoms with E-state index >= 15 is 0 Å². The van der Waals surface area contributed by atoms with Crippen molar-refractivity contribution >= 4 is 54.1 Å². The van der Waals surface area contributed by atoms with Crippen molar-refractivity contribution in [2.24, 2.45) is 0 Å². The van der Waals surface area contributed by atoms with Crippen molar-refractivity contribution in [1.29, 1.82) is 5.26 Å². The molecular weight excluding hydrogens is 350 g/mol. The van der Waals surface area contributed by atoms with Gasteiger partial charge in [-0.25, -0.2) is 0 Å². The third-order valence-electron chi connectivity index (χ3n) is 5.18. The number of rotatable bonds is 0. The van der Waals surface area contributed by atoms with E-state index < -0.39 is 0 Å². The lowest BCUT2D eigenvalue weighted by Gasteiger charge is -2.14. The van der Waals surface area contributed by atoms with E-state index in [0.717, 1.165) is 37.7 Å². The highest BCUT2D eigenvalue weighted by Crippen LogP contribution is 2.42. The van der Waals surface area contributed by atoms with E-state index in [4.69, 9.17) is 0 Å². The van der Waals surface area contributed by atoms with E-state index in [-0.39, 0.29) is 5.69 Å². The summed E-state index contributed by atoms with van der Waals surface area (Å²) in [5.41, 5.74) is 1.28. The van der Waals surface area contributed by atoms with Gasteiger partial charge in [-0.15, -0.1) is 20.4 Å². The molecule has 0 saturated carbocycles.